The summed E-state index contributed by atoms with van der Waals surface area (Å²) in [5.74, 6) is -3.19. The number of methoxy groups -OCH3 is 2. The van der Waals surface area contributed by atoms with E-state index in [1.807, 2.05) is 103 Å². The van der Waals surface area contributed by atoms with E-state index in [-0.39, 0.29) is 36.0 Å². The van der Waals surface area contributed by atoms with Gasteiger partial charge < -0.3 is 39.5 Å². The van der Waals surface area contributed by atoms with Crippen LogP contribution in [0.5, 0.6) is 0 Å². The summed E-state index contributed by atoms with van der Waals surface area (Å²) in [6, 6.07) is 9.61. The summed E-state index contributed by atoms with van der Waals surface area (Å²) < 4.78 is 17.6. The Hall–Kier alpha value is -3.80. The normalized spacial score (nSPS) is 31.3. The lowest BCUT2D eigenvalue weighted by Gasteiger charge is -2.34. The molecule has 56 heavy (non-hydrogen) atoms. The number of hydrogen-bond acceptors (Lipinski definition) is 10. The Kier molecular flexibility index (Phi) is 21.4. The Labute approximate surface area is 336 Å². The first-order valence-electron chi connectivity index (χ1n) is 19.9. The van der Waals surface area contributed by atoms with Crippen molar-refractivity contribution in [1.29, 1.82) is 0 Å². The summed E-state index contributed by atoms with van der Waals surface area (Å²) in [4.78, 5) is 19.6. The van der Waals surface area contributed by atoms with E-state index in [0.717, 1.165) is 11.1 Å². The van der Waals surface area contributed by atoms with E-state index in [9.17, 15) is 25.2 Å². The monoisotopic (exact) mass is 779 g/mol. The van der Waals surface area contributed by atoms with Crippen molar-refractivity contribution in [2.45, 2.75) is 118 Å². The second-order valence-electron chi connectivity index (χ2n) is 15.3. The van der Waals surface area contributed by atoms with Gasteiger partial charge in [-0.1, -0.05) is 131 Å². The van der Waals surface area contributed by atoms with Crippen LogP contribution in [0.4, 0.5) is 0 Å². The topological polar surface area (TPSA) is 147 Å². The van der Waals surface area contributed by atoms with Gasteiger partial charge in [0.05, 0.1) is 37.2 Å². The Bertz CT molecular complexity index is 1540. The summed E-state index contributed by atoms with van der Waals surface area (Å²) in [5.41, 5.74) is 3.04. The Morgan fingerprint density at radius 3 is 2.32 bits per heavy atom. The number of ether oxygens (including phenoxy) is 3. The fraction of sp³-hybridized carbons (Fsp3) is 0.565. The summed E-state index contributed by atoms with van der Waals surface area (Å²) >= 11 is 0. The molecular formula is C46H69NO9. The number of aliphatic hydroxyl groups is 4. The van der Waals surface area contributed by atoms with Crippen molar-refractivity contribution in [2.24, 2.45) is 40.7 Å². The Morgan fingerprint density at radius 2 is 1.71 bits per heavy atom. The lowest BCUT2D eigenvalue weighted by atomic mass is 9.79. The molecule has 4 N–H and O–H groups in total. The minimum atomic E-state index is -1.11. The molecule has 1 aliphatic rings. The molecule has 12 unspecified atom stereocenters. The number of rotatable bonds is 14. The van der Waals surface area contributed by atoms with Crippen molar-refractivity contribution < 1.29 is 44.3 Å². The highest BCUT2D eigenvalue weighted by atomic mass is 16.6. The summed E-state index contributed by atoms with van der Waals surface area (Å²) in [6.45, 7) is 17.2. The fourth-order valence-corrected chi connectivity index (χ4v) is 7.05. The number of carbonyl (C=O) groups is 1. The molecule has 1 aliphatic heterocycles. The average molecular weight is 780 g/mol. The molecule has 0 bridgehead atoms. The van der Waals surface area contributed by atoms with Crippen LogP contribution >= 0.6 is 0 Å². The maximum atomic E-state index is 13.9. The van der Waals surface area contributed by atoms with Gasteiger partial charge in [0.1, 0.15) is 18.8 Å². The summed E-state index contributed by atoms with van der Waals surface area (Å²) in [5, 5.41) is 49.7. The van der Waals surface area contributed by atoms with Crippen molar-refractivity contribution in [2.75, 3.05) is 14.2 Å². The summed E-state index contributed by atoms with van der Waals surface area (Å²) in [7, 11) is 2.90. The number of esters is 1. The molecule has 0 amide bonds. The highest BCUT2D eigenvalue weighted by Crippen LogP contribution is 2.30. The molecule has 1 aromatic rings. The van der Waals surface area contributed by atoms with Crippen LogP contribution in [0.3, 0.4) is 0 Å². The number of aliphatic hydroxyl groups excluding tert-OH is 4. The molecular weight excluding hydrogens is 711 g/mol. The lowest BCUT2D eigenvalue weighted by Crippen LogP contribution is -2.45. The number of allylic oxidation sites excluding steroid dienone is 7. The van der Waals surface area contributed by atoms with Gasteiger partial charge in [0.2, 0.25) is 5.76 Å². The van der Waals surface area contributed by atoms with Crippen LogP contribution in [0.2, 0.25) is 0 Å². The van der Waals surface area contributed by atoms with Gasteiger partial charge >= 0.3 is 5.97 Å². The molecule has 2 rings (SSSR count). The maximum absolute atomic E-state index is 13.9. The van der Waals surface area contributed by atoms with Crippen LogP contribution in [0, 0.1) is 35.5 Å². The van der Waals surface area contributed by atoms with E-state index in [2.05, 4.69) is 5.16 Å². The average Bonchev–Trinajstić information content (AvgIpc) is 3.18. The van der Waals surface area contributed by atoms with Crippen molar-refractivity contribution in [3.63, 3.8) is 0 Å². The second kappa shape index (κ2) is 24.8. The number of carbonyl (C=O) groups excluding carboxylic acids is 1. The molecule has 0 spiro atoms. The third kappa shape index (κ3) is 14.9. The number of benzene rings is 1. The first kappa shape index (κ1) is 48.3. The molecule has 0 aromatic heterocycles. The van der Waals surface area contributed by atoms with Crippen molar-refractivity contribution in [1.82, 2.24) is 0 Å². The van der Waals surface area contributed by atoms with Gasteiger partial charge in [0.15, 0.2) is 0 Å². The van der Waals surface area contributed by atoms with Crippen LogP contribution in [0.1, 0.15) is 80.7 Å². The highest BCUT2D eigenvalue weighted by molar-refractivity contribution is 5.96. The quantitative estimate of drug-likeness (QED) is 0.0647. The van der Waals surface area contributed by atoms with E-state index >= 15 is 0 Å². The van der Waals surface area contributed by atoms with E-state index < -0.39 is 54.4 Å². The molecule has 12 atom stereocenters. The molecule has 312 valence electrons. The third-order valence-electron chi connectivity index (χ3n) is 10.7. The SMILES string of the molecule is C/C=C/C(O)C(C)/C=C/C(=N\OCc1ccccc1)C(C)C(O)C(C)C1OC(=O)/C(OC)=C/C(C)=C/C(C)C(O)C(CC)C(O)C(C)C/C(C)=C/C=C/C1OC. The molecule has 0 aliphatic carbocycles. The predicted octanol–water partition coefficient (Wildman–Crippen LogP) is 7.65. The molecule has 1 aromatic carbocycles. The van der Waals surface area contributed by atoms with Gasteiger partial charge in [-0.15, -0.1) is 0 Å². The Balaban J connectivity index is 2.61. The van der Waals surface area contributed by atoms with Crippen LogP contribution in [0.25, 0.3) is 0 Å². The van der Waals surface area contributed by atoms with Gasteiger partial charge in [0.25, 0.3) is 0 Å². The zero-order valence-electron chi connectivity index (χ0n) is 35.4. The van der Waals surface area contributed by atoms with E-state index in [0.29, 0.717) is 24.1 Å². The number of hydrogen-bond donors (Lipinski definition) is 4. The molecule has 10 nitrogen and oxygen atoms in total. The highest BCUT2D eigenvalue weighted by Gasteiger charge is 2.38. The zero-order chi connectivity index (χ0) is 41.9. The van der Waals surface area contributed by atoms with E-state index in [4.69, 9.17) is 19.0 Å². The smallest absolute Gasteiger partial charge is 0.373 e. The van der Waals surface area contributed by atoms with E-state index in [1.54, 1.807) is 44.2 Å². The van der Waals surface area contributed by atoms with Crippen LogP contribution in [-0.2, 0) is 30.4 Å². The van der Waals surface area contributed by atoms with Gasteiger partial charge in [-0.2, -0.15) is 0 Å². The van der Waals surface area contributed by atoms with Gasteiger partial charge in [-0.3, -0.25) is 0 Å². The first-order valence-corrected chi connectivity index (χ1v) is 19.9. The molecule has 0 saturated carbocycles. The molecule has 0 saturated heterocycles. The van der Waals surface area contributed by atoms with Gasteiger partial charge in [-0.05, 0) is 57.2 Å². The van der Waals surface area contributed by atoms with Crippen molar-refractivity contribution >= 4 is 11.7 Å². The van der Waals surface area contributed by atoms with Crippen molar-refractivity contribution in [3.8, 4) is 0 Å². The van der Waals surface area contributed by atoms with Crippen molar-refractivity contribution in [3.05, 3.63) is 107 Å². The standard InChI is InChI=1S/C46H69NO9/c1-12-18-39(48)31(5)23-24-38(47-55-28-36-20-15-14-16-21-36)34(8)44(51)35(9)45-40(53-10)22-17-19-29(3)25-32(6)42(49)37(13-2)43(50)33(7)26-30(4)27-41(54-11)46(52)56-45/h12,14-24,26-27,31-35,37,39-40,42-45,48-51H,13,25,28H2,1-11H3/b18-12+,22-17+,24-23+,29-19+,30-26+,41-27-,47-38+. The van der Waals surface area contributed by atoms with E-state index in [1.165, 1.54) is 14.2 Å². The minimum absolute atomic E-state index is 0.0651. The molecule has 0 radical (unpaired) electrons. The number of nitrogens with zero attached hydrogens (tertiary/aromatic N) is 1. The fourth-order valence-electron chi connectivity index (χ4n) is 7.05. The number of oxime groups is 1. The zero-order valence-corrected chi connectivity index (χ0v) is 35.4. The summed E-state index contributed by atoms with van der Waals surface area (Å²) in [6.07, 6.45) is 12.1. The second-order valence-corrected chi connectivity index (χ2v) is 15.3. The van der Waals surface area contributed by atoms with Crippen LogP contribution < -0.4 is 0 Å². The van der Waals surface area contributed by atoms with Crippen LogP contribution in [0.15, 0.2) is 107 Å². The lowest BCUT2D eigenvalue weighted by molar-refractivity contribution is -0.161. The maximum Gasteiger partial charge on any atom is 0.373 e. The predicted molar refractivity (Wildman–Crippen MR) is 223 cm³/mol. The first-order chi connectivity index (χ1) is 26.6. The number of cyclic esters (lactones) is 1. The Morgan fingerprint density at radius 1 is 1.04 bits per heavy atom. The molecule has 0 fully saturated rings. The minimum Gasteiger partial charge on any atom is -0.490 e. The molecule has 10 heteroatoms. The van der Waals surface area contributed by atoms with Gasteiger partial charge in [-0.25, -0.2) is 4.79 Å². The third-order valence-corrected chi connectivity index (χ3v) is 10.7. The largest absolute Gasteiger partial charge is 0.490 e. The van der Waals surface area contributed by atoms with Crippen LogP contribution in [-0.4, -0.2) is 83.0 Å². The van der Waals surface area contributed by atoms with Gasteiger partial charge in [0, 0.05) is 36.7 Å². The molecule has 1 heterocycles.